The smallest absolute Gasteiger partial charge is 0.206 e. The molecule has 0 aromatic carbocycles. The van der Waals surface area contributed by atoms with E-state index in [-0.39, 0.29) is 0 Å². The Balaban J connectivity index is 1.93. The SMILES string of the molecule is CNc1nnc(SCc2ncccn2)s1. The van der Waals surface area contributed by atoms with Crippen LogP contribution in [0.5, 0.6) is 0 Å². The Bertz CT molecular complexity index is 416. The maximum atomic E-state index is 4.13. The van der Waals surface area contributed by atoms with Gasteiger partial charge in [0, 0.05) is 19.4 Å². The molecular formula is C8H9N5S2. The summed E-state index contributed by atoms with van der Waals surface area (Å²) < 4.78 is 0.923. The van der Waals surface area contributed by atoms with E-state index in [1.165, 1.54) is 11.3 Å². The van der Waals surface area contributed by atoms with E-state index in [0.717, 1.165) is 21.0 Å². The second-order valence-electron chi connectivity index (χ2n) is 2.58. The van der Waals surface area contributed by atoms with Gasteiger partial charge in [-0.2, -0.15) is 0 Å². The molecule has 0 aliphatic carbocycles. The number of hydrogen-bond acceptors (Lipinski definition) is 7. The molecule has 0 radical (unpaired) electrons. The molecule has 2 rings (SSSR count). The number of hydrogen-bond donors (Lipinski definition) is 1. The average Bonchev–Trinajstić information content (AvgIpc) is 2.76. The summed E-state index contributed by atoms with van der Waals surface area (Å²) in [6, 6.07) is 1.80. The third-order valence-electron chi connectivity index (χ3n) is 1.56. The first-order valence-corrected chi connectivity index (χ1v) is 6.08. The number of nitrogens with one attached hydrogen (secondary N) is 1. The van der Waals surface area contributed by atoms with Gasteiger partial charge in [0.15, 0.2) is 4.34 Å². The van der Waals surface area contributed by atoms with E-state index in [1.807, 2.05) is 7.05 Å². The highest BCUT2D eigenvalue weighted by Gasteiger charge is 2.04. The van der Waals surface area contributed by atoms with Crippen molar-refractivity contribution in [1.29, 1.82) is 0 Å². The van der Waals surface area contributed by atoms with Gasteiger partial charge in [-0.3, -0.25) is 0 Å². The van der Waals surface area contributed by atoms with Crippen LogP contribution >= 0.6 is 23.1 Å². The predicted molar refractivity (Wildman–Crippen MR) is 61.0 cm³/mol. The molecule has 0 fully saturated rings. The van der Waals surface area contributed by atoms with Gasteiger partial charge in [-0.15, -0.1) is 10.2 Å². The molecule has 5 nitrogen and oxygen atoms in total. The normalized spacial score (nSPS) is 10.2. The Morgan fingerprint density at radius 3 is 2.80 bits per heavy atom. The average molecular weight is 239 g/mol. The fraction of sp³-hybridized carbons (Fsp3) is 0.250. The van der Waals surface area contributed by atoms with Gasteiger partial charge in [-0.25, -0.2) is 9.97 Å². The largest absolute Gasteiger partial charge is 0.363 e. The van der Waals surface area contributed by atoms with Gasteiger partial charge in [0.25, 0.3) is 0 Å². The third-order valence-corrected chi connectivity index (χ3v) is 3.63. The van der Waals surface area contributed by atoms with Crippen molar-refractivity contribution in [2.75, 3.05) is 12.4 Å². The monoisotopic (exact) mass is 239 g/mol. The summed E-state index contributed by atoms with van der Waals surface area (Å²) >= 11 is 3.12. The molecule has 15 heavy (non-hydrogen) atoms. The topological polar surface area (TPSA) is 63.6 Å². The van der Waals surface area contributed by atoms with Gasteiger partial charge < -0.3 is 5.32 Å². The molecule has 1 N–H and O–H groups in total. The molecule has 0 saturated carbocycles. The van der Waals surface area contributed by atoms with Gasteiger partial charge in [0.1, 0.15) is 5.82 Å². The Kier molecular flexibility index (Phi) is 3.46. The highest BCUT2D eigenvalue weighted by Crippen LogP contribution is 2.26. The lowest BCUT2D eigenvalue weighted by Crippen LogP contribution is -1.89. The lowest BCUT2D eigenvalue weighted by atomic mass is 10.6. The van der Waals surface area contributed by atoms with Crippen LogP contribution in [0.4, 0.5) is 5.13 Å². The molecule has 0 aliphatic heterocycles. The Hall–Kier alpha value is -1.21. The van der Waals surface area contributed by atoms with Crippen LogP contribution in [-0.4, -0.2) is 27.2 Å². The quantitative estimate of drug-likeness (QED) is 0.819. The van der Waals surface area contributed by atoms with Crippen molar-refractivity contribution in [3.8, 4) is 0 Å². The molecule has 7 heteroatoms. The van der Waals surface area contributed by atoms with Crippen LogP contribution in [0.15, 0.2) is 22.8 Å². The van der Waals surface area contributed by atoms with Crippen molar-refractivity contribution >= 4 is 28.2 Å². The summed E-state index contributed by atoms with van der Waals surface area (Å²) in [6.45, 7) is 0. The van der Waals surface area contributed by atoms with Gasteiger partial charge >= 0.3 is 0 Å². The summed E-state index contributed by atoms with van der Waals surface area (Å²) in [5.74, 6) is 1.53. The Labute approximate surface area is 95.4 Å². The van der Waals surface area contributed by atoms with Crippen molar-refractivity contribution in [2.24, 2.45) is 0 Å². The predicted octanol–water partition coefficient (Wildman–Crippen LogP) is 1.66. The van der Waals surface area contributed by atoms with E-state index in [0.29, 0.717) is 0 Å². The molecule has 2 aromatic heterocycles. The van der Waals surface area contributed by atoms with Crippen LogP contribution in [0, 0.1) is 0 Å². The van der Waals surface area contributed by atoms with Crippen LogP contribution in [0.25, 0.3) is 0 Å². The second kappa shape index (κ2) is 5.04. The van der Waals surface area contributed by atoms with Crippen LogP contribution in [-0.2, 0) is 5.75 Å². The molecule has 0 atom stereocenters. The van der Waals surface area contributed by atoms with Crippen LogP contribution in [0.1, 0.15) is 5.82 Å². The standard InChI is InChI=1S/C8H9N5S2/c1-9-7-12-13-8(15-7)14-5-6-10-3-2-4-11-6/h2-4H,5H2,1H3,(H,9,12). The van der Waals surface area contributed by atoms with Crippen molar-refractivity contribution in [3.63, 3.8) is 0 Å². The van der Waals surface area contributed by atoms with E-state index in [2.05, 4.69) is 25.5 Å². The highest BCUT2D eigenvalue weighted by molar-refractivity contribution is 8.00. The van der Waals surface area contributed by atoms with Crippen molar-refractivity contribution in [1.82, 2.24) is 20.2 Å². The van der Waals surface area contributed by atoms with E-state index in [4.69, 9.17) is 0 Å². The van der Waals surface area contributed by atoms with Crippen LogP contribution in [0.2, 0.25) is 0 Å². The van der Waals surface area contributed by atoms with Crippen LogP contribution in [0.3, 0.4) is 0 Å². The molecule has 78 valence electrons. The molecule has 0 spiro atoms. The maximum Gasteiger partial charge on any atom is 0.206 e. The molecule has 0 amide bonds. The first-order chi connectivity index (χ1) is 7.38. The van der Waals surface area contributed by atoms with E-state index >= 15 is 0 Å². The number of thioether (sulfide) groups is 1. The minimum atomic E-state index is 0.721. The molecule has 2 heterocycles. The summed E-state index contributed by atoms with van der Waals surface area (Å²) in [5, 5.41) is 11.7. The minimum absolute atomic E-state index is 0.721. The zero-order valence-corrected chi connectivity index (χ0v) is 9.68. The first kappa shape index (κ1) is 10.3. The van der Waals surface area contributed by atoms with Crippen molar-refractivity contribution in [2.45, 2.75) is 10.1 Å². The molecule has 0 unspecified atom stereocenters. The minimum Gasteiger partial charge on any atom is -0.363 e. The van der Waals surface area contributed by atoms with Gasteiger partial charge in [-0.05, 0) is 6.07 Å². The zero-order chi connectivity index (χ0) is 10.5. The Morgan fingerprint density at radius 2 is 2.13 bits per heavy atom. The summed E-state index contributed by atoms with van der Waals surface area (Å²) in [4.78, 5) is 8.26. The molecule has 0 aliphatic rings. The number of aromatic nitrogens is 4. The fourth-order valence-corrected chi connectivity index (χ4v) is 2.48. The van der Waals surface area contributed by atoms with Gasteiger partial charge in [0.05, 0.1) is 5.75 Å². The van der Waals surface area contributed by atoms with Gasteiger partial charge in [0.2, 0.25) is 5.13 Å². The maximum absolute atomic E-state index is 4.13. The third kappa shape index (κ3) is 2.87. The highest BCUT2D eigenvalue weighted by atomic mass is 32.2. The zero-order valence-electron chi connectivity index (χ0n) is 8.04. The summed E-state index contributed by atoms with van der Waals surface area (Å²) in [5.41, 5.74) is 0. The first-order valence-electron chi connectivity index (χ1n) is 4.28. The lowest BCUT2D eigenvalue weighted by molar-refractivity contribution is 1.00. The lowest BCUT2D eigenvalue weighted by Gasteiger charge is -1.94. The number of rotatable bonds is 4. The summed E-state index contributed by atoms with van der Waals surface area (Å²) in [7, 11) is 1.83. The molecular weight excluding hydrogens is 230 g/mol. The fourth-order valence-electron chi connectivity index (χ4n) is 0.900. The number of nitrogens with zero attached hydrogens (tertiary/aromatic N) is 4. The molecule has 0 bridgehead atoms. The number of anilines is 1. The van der Waals surface area contributed by atoms with Gasteiger partial charge in [-0.1, -0.05) is 23.1 Å². The molecule has 2 aromatic rings. The second-order valence-corrected chi connectivity index (χ2v) is 4.78. The van der Waals surface area contributed by atoms with E-state index in [1.54, 1.807) is 30.2 Å². The Morgan fingerprint density at radius 1 is 1.33 bits per heavy atom. The van der Waals surface area contributed by atoms with Crippen molar-refractivity contribution in [3.05, 3.63) is 24.3 Å². The van der Waals surface area contributed by atoms with E-state index in [9.17, 15) is 0 Å². The summed E-state index contributed by atoms with van der Waals surface area (Å²) in [6.07, 6.45) is 3.48. The van der Waals surface area contributed by atoms with Crippen LogP contribution < -0.4 is 5.32 Å². The molecule has 0 saturated heterocycles. The van der Waals surface area contributed by atoms with Crippen molar-refractivity contribution < 1.29 is 0 Å². The van der Waals surface area contributed by atoms with E-state index < -0.39 is 0 Å².